The zero-order valence-corrected chi connectivity index (χ0v) is 16.9. The average molecular weight is 410 g/mol. The summed E-state index contributed by atoms with van der Waals surface area (Å²) in [6.07, 6.45) is 1.48. The summed E-state index contributed by atoms with van der Waals surface area (Å²) >= 11 is 0. The number of amides is 1. The number of fused-ring (bicyclic) bond motifs is 3. The first-order valence-electron chi connectivity index (χ1n) is 10.0. The third-order valence-corrected chi connectivity index (χ3v) is 7.85. The molecule has 3 heterocycles. The first-order valence-corrected chi connectivity index (χ1v) is 11.5. The number of carbonyl (C=O) groups excluding carboxylic acids is 1. The lowest BCUT2D eigenvalue weighted by molar-refractivity contribution is -0.126. The molecular weight excluding hydrogens is 386 g/mol. The van der Waals surface area contributed by atoms with E-state index < -0.39 is 9.84 Å². The van der Waals surface area contributed by atoms with Gasteiger partial charge in [-0.15, -0.1) is 0 Å². The van der Waals surface area contributed by atoms with Gasteiger partial charge in [0, 0.05) is 44.1 Å². The molecule has 0 radical (unpaired) electrons. The van der Waals surface area contributed by atoms with Crippen LogP contribution < -0.4 is 9.80 Å². The molecule has 3 aliphatic heterocycles. The molecule has 0 bridgehead atoms. The fraction of sp³-hybridized carbons (Fsp3) is 0.318. The Hall–Kier alpha value is -2.80. The highest BCUT2D eigenvalue weighted by Crippen LogP contribution is 2.43. The first kappa shape index (κ1) is 18.2. The third-order valence-electron chi connectivity index (χ3n) is 5.98. The Morgan fingerprint density at radius 1 is 0.828 bits per heavy atom. The standard InChI is InChI=1S/C22H23N3O3S/c26-22(24-15-13-23(14-16-24)17-7-2-1-3-8-17)21-19-10-6-12-25(19)18-9-4-5-11-20(18)29(21,27)28/h1-5,7-9,11H,6,10,12-16H2. The van der Waals surface area contributed by atoms with Crippen molar-refractivity contribution in [2.24, 2.45) is 0 Å². The van der Waals surface area contributed by atoms with E-state index in [0.29, 0.717) is 44.0 Å². The van der Waals surface area contributed by atoms with Gasteiger partial charge in [-0.1, -0.05) is 30.3 Å². The Balaban J connectivity index is 1.44. The predicted molar refractivity (Wildman–Crippen MR) is 112 cm³/mol. The fourth-order valence-electron chi connectivity index (χ4n) is 4.54. The van der Waals surface area contributed by atoms with Gasteiger partial charge in [0.1, 0.15) is 0 Å². The quantitative estimate of drug-likeness (QED) is 0.763. The molecule has 0 atom stereocenters. The highest BCUT2D eigenvalue weighted by molar-refractivity contribution is 7.96. The number of allylic oxidation sites excluding steroid dienone is 1. The summed E-state index contributed by atoms with van der Waals surface area (Å²) in [4.78, 5) is 19.6. The average Bonchev–Trinajstić information content (AvgIpc) is 3.23. The van der Waals surface area contributed by atoms with Crippen LogP contribution >= 0.6 is 0 Å². The van der Waals surface area contributed by atoms with E-state index in [9.17, 15) is 13.2 Å². The van der Waals surface area contributed by atoms with Crippen molar-refractivity contribution < 1.29 is 13.2 Å². The van der Waals surface area contributed by atoms with Gasteiger partial charge in [-0.05, 0) is 37.1 Å². The molecular formula is C22H23N3O3S. The molecule has 29 heavy (non-hydrogen) atoms. The van der Waals surface area contributed by atoms with Crippen LogP contribution in [0.1, 0.15) is 12.8 Å². The van der Waals surface area contributed by atoms with Crippen LogP contribution in [0.15, 0.2) is 70.1 Å². The van der Waals surface area contributed by atoms with Crippen molar-refractivity contribution in [3.63, 3.8) is 0 Å². The highest BCUT2D eigenvalue weighted by Gasteiger charge is 2.43. The molecule has 2 aromatic rings. The number of hydrogen-bond donors (Lipinski definition) is 0. The molecule has 7 heteroatoms. The third kappa shape index (κ3) is 2.92. The van der Waals surface area contributed by atoms with Crippen molar-refractivity contribution in [3.05, 3.63) is 65.2 Å². The summed E-state index contributed by atoms with van der Waals surface area (Å²) in [5, 5.41) is 0. The van der Waals surface area contributed by atoms with Crippen molar-refractivity contribution in [1.82, 2.24) is 4.90 Å². The van der Waals surface area contributed by atoms with Crippen LogP contribution in [0.25, 0.3) is 0 Å². The molecule has 6 nitrogen and oxygen atoms in total. The van der Waals surface area contributed by atoms with Crippen molar-refractivity contribution in [2.75, 3.05) is 42.5 Å². The van der Waals surface area contributed by atoms with Crippen LogP contribution in [0, 0.1) is 0 Å². The maximum Gasteiger partial charge on any atom is 0.267 e. The van der Waals surface area contributed by atoms with Gasteiger partial charge in [0.15, 0.2) is 4.91 Å². The molecule has 5 rings (SSSR count). The minimum atomic E-state index is -3.82. The lowest BCUT2D eigenvalue weighted by Gasteiger charge is -2.37. The number of sulfone groups is 1. The zero-order valence-electron chi connectivity index (χ0n) is 16.1. The second kappa shape index (κ2) is 6.91. The minimum absolute atomic E-state index is 0.0122. The largest absolute Gasteiger partial charge is 0.368 e. The Kier molecular flexibility index (Phi) is 4.35. The van der Waals surface area contributed by atoms with Crippen LogP contribution in [0.5, 0.6) is 0 Å². The van der Waals surface area contributed by atoms with E-state index in [4.69, 9.17) is 0 Å². The highest BCUT2D eigenvalue weighted by atomic mass is 32.2. The Morgan fingerprint density at radius 3 is 2.28 bits per heavy atom. The number of para-hydroxylation sites is 2. The molecule has 2 saturated heterocycles. The second-order valence-corrected chi connectivity index (χ2v) is 9.47. The van der Waals surface area contributed by atoms with E-state index in [1.54, 1.807) is 17.0 Å². The number of benzene rings is 2. The van der Waals surface area contributed by atoms with Crippen LogP contribution in [-0.2, 0) is 14.6 Å². The Labute approximate surface area is 170 Å². The lowest BCUT2D eigenvalue weighted by atomic mass is 10.2. The molecule has 0 aromatic heterocycles. The summed E-state index contributed by atoms with van der Waals surface area (Å²) < 4.78 is 26.7. The van der Waals surface area contributed by atoms with E-state index in [-0.39, 0.29) is 15.7 Å². The molecule has 3 aliphatic rings. The number of nitrogens with zero attached hydrogens (tertiary/aromatic N) is 3. The van der Waals surface area contributed by atoms with E-state index in [1.165, 1.54) is 0 Å². The minimum Gasteiger partial charge on any atom is -0.368 e. The summed E-state index contributed by atoms with van der Waals surface area (Å²) in [6, 6.07) is 17.1. The van der Waals surface area contributed by atoms with Gasteiger partial charge < -0.3 is 14.7 Å². The van der Waals surface area contributed by atoms with Crippen LogP contribution in [0.4, 0.5) is 11.4 Å². The van der Waals surface area contributed by atoms with Gasteiger partial charge in [0.05, 0.1) is 10.6 Å². The summed E-state index contributed by atoms with van der Waals surface area (Å²) in [7, 11) is -3.82. The number of piperazine rings is 1. The second-order valence-electron chi connectivity index (χ2n) is 7.62. The van der Waals surface area contributed by atoms with Crippen molar-refractivity contribution >= 4 is 27.1 Å². The van der Waals surface area contributed by atoms with E-state index in [1.807, 2.05) is 35.2 Å². The van der Waals surface area contributed by atoms with Crippen LogP contribution in [0.3, 0.4) is 0 Å². The number of anilines is 2. The van der Waals surface area contributed by atoms with Gasteiger partial charge in [0.2, 0.25) is 9.84 Å². The van der Waals surface area contributed by atoms with Gasteiger partial charge in [0.25, 0.3) is 5.91 Å². The molecule has 0 N–H and O–H groups in total. The van der Waals surface area contributed by atoms with Crippen LogP contribution in [-0.4, -0.2) is 51.9 Å². The maximum absolute atomic E-state index is 13.4. The Bertz CT molecular complexity index is 1090. The molecule has 0 saturated carbocycles. The molecule has 2 aromatic carbocycles. The number of carbonyl (C=O) groups is 1. The first-order chi connectivity index (χ1) is 14.1. The maximum atomic E-state index is 13.4. The zero-order chi connectivity index (χ0) is 20.0. The van der Waals surface area contributed by atoms with Crippen molar-refractivity contribution in [1.29, 1.82) is 0 Å². The Morgan fingerprint density at radius 2 is 1.52 bits per heavy atom. The van der Waals surface area contributed by atoms with Crippen molar-refractivity contribution in [3.8, 4) is 0 Å². The molecule has 0 spiro atoms. The van der Waals surface area contributed by atoms with Gasteiger partial charge in [-0.25, -0.2) is 8.42 Å². The smallest absolute Gasteiger partial charge is 0.267 e. The van der Waals surface area contributed by atoms with Gasteiger partial charge >= 0.3 is 0 Å². The monoisotopic (exact) mass is 409 g/mol. The molecule has 1 amide bonds. The normalized spacial score (nSPS) is 20.5. The lowest BCUT2D eigenvalue weighted by Crippen LogP contribution is -2.50. The van der Waals surface area contributed by atoms with Crippen LogP contribution in [0.2, 0.25) is 0 Å². The van der Waals surface area contributed by atoms with Gasteiger partial charge in [-0.3, -0.25) is 4.79 Å². The molecule has 0 aliphatic carbocycles. The molecule has 2 fully saturated rings. The van der Waals surface area contributed by atoms with E-state index >= 15 is 0 Å². The predicted octanol–water partition coefficient (Wildman–Crippen LogP) is 2.63. The van der Waals surface area contributed by atoms with Crippen molar-refractivity contribution in [2.45, 2.75) is 17.7 Å². The topological polar surface area (TPSA) is 60.9 Å². The SMILES string of the molecule is O=C(C1=C2CCCN2c2ccccc2S1(=O)=O)N1CCN(c2ccccc2)CC1. The van der Waals surface area contributed by atoms with E-state index in [2.05, 4.69) is 17.0 Å². The van der Waals surface area contributed by atoms with Gasteiger partial charge in [-0.2, -0.15) is 0 Å². The molecule has 150 valence electrons. The molecule has 0 unspecified atom stereocenters. The fourth-order valence-corrected chi connectivity index (χ4v) is 6.35. The summed E-state index contributed by atoms with van der Waals surface area (Å²) in [5.41, 5.74) is 2.49. The summed E-state index contributed by atoms with van der Waals surface area (Å²) in [6.45, 7) is 3.17. The summed E-state index contributed by atoms with van der Waals surface area (Å²) in [5.74, 6) is -0.353. The van der Waals surface area contributed by atoms with E-state index in [0.717, 1.165) is 18.7 Å². The number of hydrogen-bond acceptors (Lipinski definition) is 5. The number of rotatable bonds is 2.